The fourth-order valence-electron chi connectivity index (χ4n) is 2.54. The van der Waals surface area contributed by atoms with E-state index in [0.717, 1.165) is 5.56 Å². The molecule has 0 amide bonds. The van der Waals surface area contributed by atoms with Crippen LogP contribution < -0.4 is 0 Å². The second-order valence-electron chi connectivity index (χ2n) is 5.47. The summed E-state index contributed by atoms with van der Waals surface area (Å²) in [5.41, 5.74) is 4.82. The number of unbranched alkanes of at least 4 members (excludes halogenated alkanes) is 2. The van der Waals surface area contributed by atoms with Crippen molar-refractivity contribution in [3.05, 3.63) is 54.1 Å². The summed E-state index contributed by atoms with van der Waals surface area (Å²) in [6.07, 6.45) is 5.02. The van der Waals surface area contributed by atoms with Crippen LogP contribution in [0.5, 0.6) is 0 Å². The Balaban J connectivity index is 1.71. The van der Waals surface area contributed by atoms with Crippen molar-refractivity contribution < 1.29 is 0 Å². The molecule has 1 N–H and O–H groups in total. The second-order valence-corrected chi connectivity index (χ2v) is 5.47. The maximum Gasteiger partial charge on any atom is 0.204 e. The maximum absolute atomic E-state index is 3.99. The minimum absolute atomic E-state index is 0.623. The molecular formula is C18H20N4. The van der Waals surface area contributed by atoms with E-state index in [1.54, 1.807) is 0 Å². The quantitative estimate of drug-likeness (QED) is 0.690. The van der Waals surface area contributed by atoms with Crippen LogP contribution in [0.3, 0.4) is 0 Å². The molecule has 0 aliphatic carbocycles. The molecule has 22 heavy (non-hydrogen) atoms. The molecular weight excluding hydrogens is 272 g/mol. The van der Waals surface area contributed by atoms with E-state index in [-0.39, 0.29) is 0 Å². The minimum atomic E-state index is 0.623. The van der Waals surface area contributed by atoms with Gasteiger partial charge in [-0.25, -0.2) is 0 Å². The molecule has 0 spiro atoms. The van der Waals surface area contributed by atoms with Crippen molar-refractivity contribution >= 4 is 0 Å². The lowest BCUT2D eigenvalue weighted by molar-refractivity contribution is 0.717. The molecule has 0 radical (unpaired) electrons. The van der Waals surface area contributed by atoms with Gasteiger partial charge in [-0.05, 0) is 34.7 Å². The summed E-state index contributed by atoms with van der Waals surface area (Å²) in [5.74, 6) is 0.623. The Hall–Kier alpha value is -2.49. The molecule has 3 aromatic rings. The molecule has 0 aliphatic heterocycles. The van der Waals surface area contributed by atoms with Crippen LogP contribution in [0.4, 0.5) is 0 Å². The highest BCUT2D eigenvalue weighted by Crippen LogP contribution is 2.23. The van der Waals surface area contributed by atoms with Crippen molar-refractivity contribution in [3.8, 4) is 22.5 Å². The lowest BCUT2D eigenvalue weighted by atomic mass is 10.0. The molecule has 112 valence electrons. The van der Waals surface area contributed by atoms with Crippen LogP contribution in [0.1, 0.15) is 31.7 Å². The number of rotatable bonds is 6. The van der Waals surface area contributed by atoms with Crippen LogP contribution in [0.15, 0.2) is 48.5 Å². The number of nitrogens with zero attached hydrogens (tertiary/aromatic N) is 3. The molecule has 3 rings (SSSR count). The third kappa shape index (κ3) is 3.39. The van der Waals surface area contributed by atoms with Crippen molar-refractivity contribution in [1.29, 1.82) is 0 Å². The predicted molar refractivity (Wildman–Crippen MR) is 88.3 cm³/mol. The molecule has 0 saturated heterocycles. The number of hydrogen-bond acceptors (Lipinski definition) is 3. The average Bonchev–Trinajstić information content (AvgIpc) is 3.11. The van der Waals surface area contributed by atoms with E-state index in [0.29, 0.717) is 5.82 Å². The van der Waals surface area contributed by atoms with Gasteiger partial charge in [-0.2, -0.15) is 5.21 Å². The monoisotopic (exact) mass is 292 g/mol. The van der Waals surface area contributed by atoms with Crippen LogP contribution in [0, 0.1) is 0 Å². The summed E-state index contributed by atoms with van der Waals surface area (Å²) in [6, 6.07) is 17.1. The van der Waals surface area contributed by atoms with Crippen molar-refractivity contribution in [2.45, 2.75) is 32.6 Å². The predicted octanol–water partition coefficient (Wildman–Crippen LogP) is 4.27. The number of H-pyrrole nitrogens is 1. The number of aromatic nitrogens is 4. The number of aromatic amines is 1. The first kappa shape index (κ1) is 14.4. The topological polar surface area (TPSA) is 54.5 Å². The molecule has 0 bridgehead atoms. The molecule has 1 aromatic heterocycles. The highest BCUT2D eigenvalue weighted by Gasteiger charge is 2.03. The van der Waals surface area contributed by atoms with Gasteiger partial charge in [-0.1, -0.05) is 68.3 Å². The molecule has 0 saturated carbocycles. The first-order chi connectivity index (χ1) is 10.9. The summed E-state index contributed by atoms with van der Waals surface area (Å²) in [6.45, 7) is 2.24. The Bertz CT molecular complexity index is 685. The van der Waals surface area contributed by atoms with Gasteiger partial charge in [0.25, 0.3) is 0 Å². The zero-order valence-electron chi connectivity index (χ0n) is 12.8. The standard InChI is InChI=1S/C18H20N4/c1-2-3-4-5-14-6-8-15(9-7-14)16-10-12-17(13-11-16)18-19-21-22-20-18/h6-13H,2-5H2,1H3,(H,19,20,21,22). The Morgan fingerprint density at radius 1 is 0.818 bits per heavy atom. The summed E-state index contributed by atoms with van der Waals surface area (Å²) in [7, 11) is 0. The SMILES string of the molecule is CCCCCc1ccc(-c2ccc(-c3nn[nH]n3)cc2)cc1. The van der Waals surface area contributed by atoms with E-state index in [1.807, 2.05) is 12.1 Å². The first-order valence-electron chi connectivity index (χ1n) is 7.80. The van der Waals surface area contributed by atoms with Crippen LogP contribution in [0.2, 0.25) is 0 Å². The van der Waals surface area contributed by atoms with Gasteiger partial charge in [0.1, 0.15) is 0 Å². The molecule has 4 heteroatoms. The Kier molecular flexibility index (Phi) is 4.59. The summed E-state index contributed by atoms with van der Waals surface area (Å²) in [5, 5.41) is 14.0. The molecule has 0 fully saturated rings. The Morgan fingerprint density at radius 3 is 2.05 bits per heavy atom. The Labute approximate surface area is 130 Å². The molecule has 2 aromatic carbocycles. The largest absolute Gasteiger partial charge is 0.204 e. The van der Waals surface area contributed by atoms with Gasteiger partial charge < -0.3 is 0 Å². The van der Waals surface area contributed by atoms with Crippen molar-refractivity contribution in [2.75, 3.05) is 0 Å². The van der Waals surface area contributed by atoms with E-state index >= 15 is 0 Å². The molecule has 0 atom stereocenters. The van der Waals surface area contributed by atoms with Crippen LogP contribution in [-0.4, -0.2) is 20.6 Å². The molecule has 4 nitrogen and oxygen atoms in total. The summed E-state index contributed by atoms with van der Waals surface area (Å²) in [4.78, 5) is 0. The maximum atomic E-state index is 3.99. The van der Waals surface area contributed by atoms with E-state index in [1.165, 1.54) is 42.4 Å². The van der Waals surface area contributed by atoms with E-state index in [2.05, 4.69) is 63.9 Å². The fourth-order valence-corrected chi connectivity index (χ4v) is 2.54. The minimum Gasteiger partial charge on any atom is -0.177 e. The number of tetrazole rings is 1. The smallest absolute Gasteiger partial charge is 0.177 e. The normalized spacial score (nSPS) is 10.8. The third-order valence-electron chi connectivity index (χ3n) is 3.84. The van der Waals surface area contributed by atoms with Crippen LogP contribution >= 0.6 is 0 Å². The van der Waals surface area contributed by atoms with Gasteiger partial charge in [0.15, 0.2) is 0 Å². The van der Waals surface area contributed by atoms with Gasteiger partial charge in [0, 0.05) is 5.56 Å². The molecule has 1 heterocycles. The summed E-state index contributed by atoms with van der Waals surface area (Å²) >= 11 is 0. The van der Waals surface area contributed by atoms with Crippen LogP contribution in [-0.2, 0) is 6.42 Å². The van der Waals surface area contributed by atoms with E-state index < -0.39 is 0 Å². The van der Waals surface area contributed by atoms with Gasteiger partial charge in [-0.3, -0.25) is 0 Å². The van der Waals surface area contributed by atoms with Crippen molar-refractivity contribution in [2.24, 2.45) is 0 Å². The van der Waals surface area contributed by atoms with Crippen molar-refractivity contribution in [3.63, 3.8) is 0 Å². The number of aryl methyl sites for hydroxylation is 1. The third-order valence-corrected chi connectivity index (χ3v) is 3.84. The highest BCUT2D eigenvalue weighted by molar-refractivity contribution is 5.67. The first-order valence-corrected chi connectivity index (χ1v) is 7.80. The number of benzene rings is 2. The lowest BCUT2D eigenvalue weighted by Gasteiger charge is -2.05. The zero-order chi connectivity index (χ0) is 15.2. The second kappa shape index (κ2) is 6.98. The zero-order valence-corrected chi connectivity index (χ0v) is 12.8. The molecule has 0 unspecified atom stereocenters. The Morgan fingerprint density at radius 2 is 1.45 bits per heavy atom. The number of nitrogens with one attached hydrogen (secondary N) is 1. The lowest BCUT2D eigenvalue weighted by Crippen LogP contribution is -1.86. The average molecular weight is 292 g/mol. The fraction of sp³-hybridized carbons (Fsp3) is 0.278. The molecule has 0 aliphatic rings. The van der Waals surface area contributed by atoms with Crippen LogP contribution in [0.25, 0.3) is 22.5 Å². The highest BCUT2D eigenvalue weighted by atomic mass is 15.5. The van der Waals surface area contributed by atoms with Gasteiger partial charge in [0.05, 0.1) is 0 Å². The van der Waals surface area contributed by atoms with E-state index in [4.69, 9.17) is 0 Å². The van der Waals surface area contributed by atoms with Gasteiger partial charge in [0.2, 0.25) is 5.82 Å². The van der Waals surface area contributed by atoms with Crippen molar-refractivity contribution in [1.82, 2.24) is 20.6 Å². The van der Waals surface area contributed by atoms with Gasteiger partial charge in [-0.15, -0.1) is 10.2 Å². The van der Waals surface area contributed by atoms with Gasteiger partial charge >= 0.3 is 0 Å². The number of hydrogen-bond donors (Lipinski definition) is 1. The summed E-state index contributed by atoms with van der Waals surface area (Å²) < 4.78 is 0. The van der Waals surface area contributed by atoms with E-state index in [9.17, 15) is 0 Å².